The van der Waals surface area contributed by atoms with Crippen LogP contribution in [0.15, 0.2) is 24.3 Å². The second kappa shape index (κ2) is 6.74. The van der Waals surface area contributed by atoms with Crippen LogP contribution >= 0.6 is 9.90 Å². The van der Waals surface area contributed by atoms with Crippen molar-refractivity contribution in [3.05, 3.63) is 35.4 Å². The molecular weight excluding hydrogens is 299 g/mol. The van der Waals surface area contributed by atoms with E-state index in [1.165, 1.54) is 24.3 Å². The molecule has 0 aromatic heterocycles. The van der Waals surface area contributed by atoms with Crippen LogP contribution in [0.25, 0.3) is 0 Å². The van der Waals surface area contributed by atoms with Crippen LogP contribution in [0.1, 0.15) is 20.7 Å². The van der Waals surface area contributed by atoms with Gasteiger partial charge in [0.1, 0.15) is 0 Å². The van der Waals surface area contributed by atoms with Crippen molar-refractivity contribution in [1.29, 1.82) is 0 Å². The molecular formula is C8H6AgO4P. The summed E-state index contributed by atoms with van der Waals surface area (Å²) in [5.41, 5.74) is 0.167. The molecule has 4 nitrogen and oxygen atoms in total. The SMILES string of the molecule is O=C(O)c1ccc(C(=O)O)cc1.[Ag].[P]. The zero-order valence-electron chi connectivity index (χ0n) is 6.77. The second-order valence-electron chi connectivity index (χ2n) is 2.19. The number of rotatable bonds is 2. The predicted octanol–water partition coefficient (Wildman–Crippen LogP) is 1.94. The maximum Gasteiger partial charge on any atom is 0.335 e. The molecule has 0 aliphatic heterocycles. The smallest absolute Gasteiger partial charge is 0.335 e. The van der Waals surface area contributed by atoms with Gasteiger partial charge in [0.15, 0.2) is 0 Å². The molecule has 0 amide bonds. The Morgan fingerprint density at radius 1 is 0.857 bits per heavy atom. The van der Waals surface area contributed by atoms with Gasteiger partial charge in [-0.15, -0.1) is 0 Å². The molecule has 0 unspecified atom stereocenters. The third kappa shape index (κ3) is 4.03. The largest absolute Gasteiger partial charge is 0.478 e. The Balaban J connectivity index is 0. The summed E-state index contributed by atoms with van der Waals surface area (Å²) in [6.07, 6.45) is 0. The van der Waals surface area contributed by atoms with Crippen molar-refractivity contribution in [1.82, 2.24) is 0 Å². The van der Waals surface area contributed by atoms with Crippen molar-refractivity contribution in [2.75, 3.05) is 0 Å². The molecule has 0 heterocycles. The fraction of sp³-hybridized carbons (Fsp3) is 0. The summed E-state index contributed by atoms with van der Waals surface area (Å²) >= 11 is 0. The third-order valence-corrected chi connectivity index (χ3v) is 1.38. The first-order chi connectivity index (χ1) is 5.61. The zero-order valence-corrected chi connectivity index (χ0v) is 9.15. The number of carboxylic acids is 2. The fourth-order valence-electron chi connectivity index (χ4n) is 0.755. The van der Waals surface area contributed by atoms with Gasteiger partial charge >= 0.3 is 11.9 Å². The number of hydrogen-bond acceptors (Lipinski definition) is 2. The molecule has 0 aliphatic rings. The second-order valence-corrected chi connectivity index (χ2v) is 2.19. The van der Waals surface area contributed by atoms with Gasteiger partial charge in [-0.25, -0.2) is 9.59 Å². The molecule has 0 aliphatic carbocycles. The molecule has 0 bridgehead atoms. The Morgan fingerprint density at radius 3 is 1.21 bits per heavy atom. The summed E-state index contributed by atoms with van der Waals surface area (Å²) in [6, 6.07) is 5.02. The Hall–Kier alpha value is -0.670. The first-order valence-electron chi connectivity index (χ1n) is 3.18. The van der Waals surface area contributed by atoms with Crippen molar-refractivity contribution in [3.8, 4) is 0 Å². The van der Waals surface area contributed by atoms with E-state index in [4.69, 9.17) is 10.2 Å². The molecule has 4 radical (unpaired) electrons. The van der Waals surface area contributed by atoms with Crippen LogP contribution in [-0.2, 0) is 22.4 Å². The number of aromatic carboxylic acids is 2. The van der Waals surface area contributed by atoms with E-state index in [1.807, 2.05) is 0 Å². The standard InChI is InChI=1S/C8H6O4.Ag.P/c9-7(10)5-1-2-6(4-3-5)8(11)12;;/h1-4H,(H,9,10)(H,11,12);;. The Labute approximate surface area is 99.5 Å². The van der Waals surface area contributed by atoms with Crippen molar-refractivity contribution in [3.63, 3.8) is 0 Å². The normalized spacial score (nSPS) is 8.00. The summed E-state index contributed by atoms with van der Waals surface area (Å²) < 4.78 is 0. The van der Waals surface area contributed by atoms with E-state index in [0.29, 0.717) is 0 Å². The van der Waals surface area contributed by atoms with E-state index < -0.39 is 11.9 Å². The van der Waals surface area contributed by atoms with Gasteiger partial charge in [0, 0.05) is 32.3 Å². The number of hydrogen-bond donors (Lipinski definition) is 2. The minimum absolute atomic E-state index is 0. The summed E-state index contributed by atoms with van der Waals surface area (Å²) in [5.74, 6) is -2.13. The molecule has 78 valence electrons. The van der Waals surface area contributed by atoms with Gasteiger partial charge in [0.2, 0.25) is 0 Å². The van der Waals surface area contributed by atoms with Crippen molar-refractivity contribution >= 4 is 21.8 Å². The summed E-state index contributed by atoms with van der Waals surface area (Å²) in [4.78, 5) is 20.7. The molecule has 0 fully saturated rings. The molecule has 6 heteroatoms. The molecule has 0 saturated carbocycles. The average molecular weight is 305 g/mol. The van der Waals surface area contributed by atoms with Crippen LogP contribution in [0.3, 0.4) is 0 Å². The molecule has 14 heavy (non-hydrogen) atoms. The minimum atomic E-state index is -1.06. The van der Waals surface area contributed by atoms with Crippen LogP contribution in [0.4, 0.5) is 0 Å². The maximum atomic E-state index is 10.3. The van der Waals surface area contributed by atoms with E-state index in [2.05, 4.69) is 0 Å². The Kier molecular flexibility index (Phi) is 7.60. The van der Waals surface area contributed by atoms with Gasteiger partial charge in [-0.05, 0) is 24.3 Å². The Bertz CT molecular complexity index is 290. The summed E-state index contributed by atoms with van der Waals surface area (Å²) in [5, 5.41) is 16.9. The molecule has 2 N–H and O–H groups in total. The Morgan fingerprint density at radius 2 is 1.07 bits per heavy atom. The predicted molar refractivity (Wildman–Crippen MR) is 47.3 cm³/mol. The van der Waals surface area contributed by atoms with Crippen molar-refractivity contribution < 1.29 is 42.2 Å². The topological polar surface area (TPSA) is 74.6 Å². The van der Waals surface area contributed by atoms with Crippen molar-refractivity contribution in [2.45, 2.75) is 0 Å². The zero-order chi connectivity index (χ0) is 9.14. The summed E-state index contributed by atoms with van der Waals surface area (Å²) in [6.45, 7) is 0. The van der Waals surface area contributed by atoms with Crippen LogP contribution in [-0.4, -0.2) is 22.2 Å². The van der Waals surface area contributed by atoms with Crippen LogP contribution in [0, 0.1) is 0 Å². The minimum Gasteiger partial charge on any atom is -0.478 e. The molecule has 1 aromatic carbocycles. The average Bonchev–Trinajstić information content (AvgIpc) is 2.04. The number of carbonyl (C=O) groups is 2. The first kappa shape index (κ1) is 15.8. The van der Waals surface area contributed by atoms with Gasteiger partial charge in [-0.1, -0.05) is 0 Å². The summed E-state index contributed by atoms with van der Waals surface area (Å²) in [7, 11) is 0. The fourth-order valence-corrected chi connectivity index (χ4v) is 0.755. The van der Waals surface area contributed by atoms with Gasteiger partial charge < -0.3 is 10.2 Å². The number of carboxylic acid groups (broad SMARTS) is 2. The molecule has 1 rings (SSSR count). The third-order valence-electron chi connectivity index (χ3n) is 1.38. The maximum absolute atomic E-state index is 10.3. The first-order valence-corrected chi connectivity index (χ1v) is 3.18. The van der Waals surface area contributed by atoms with E-state index in [0.717, 1.165) is 0 Å². The van der Waals surface area contributed by atoms with Gasteiger partial charge in [-0.2, -0.15) is 0 Å². The monoisotopic (exact) mass is 304 g/mol. The van der Waals surface area contributed by atoms with Crippen molar-refractivity contribution in [2.24, 2.45) is 0 Å². The molecule has 1 aromatic rings. The van der Waals surface area contributed by atoms with Gasteiger partial charge in [0.05, 0.1) is 11.1 Å². The molecule has 0 saturated heterocycles. The van der Waals surface area contributed by atoms with E-state index in [9.17, 15) is 9.59 Å². The van der Waals surface area contributed by atoms with E-state index in [1.54, 1.807) is 0 Å². The quantitative estimate of drug-likeness (QED) is 0.647. The van der Waals surface area contributed by atoms with E-state index >= 15 is 0 Å². The van der Waals surface area contributed by atoms with E-state index in [-0.39, 0.29) is 43.4 Å². The molecule has 0 spiro atoms. The van der Waals surface area contributed by atoms with Gasteiger partial charge in [-0.3, -0.25) is 0 Å². The molecule has 0 atom stereocenters. The van der Waals surface area contributed by atoms with Crippen LogP contribution < -0.4 is 0 Å². The number of benzene rings is 1. The van der Waals surface area contributed by atoms with Crippen LogP contribution in [0.2, 0.25) is 0 Å². The van der Waals surface area contributed by atoms with Gasteiger partial charge in [0.25, 0.3) is 0 Å². The van der Waals surface area contributed by atoms with Crippen LogP contribution in [0.5, 0.6) is 0 Å².